The van der Waals surface area contributed by atoms with E-state index in [1.54, 1.807) is 0 Å². The van der Waals surface area contributed by atoms with Crippen molar-refractivity contribution in [1.82, 2.24) is 8.85 Å². The van der Waals surface area contributed by atoms with Gasteiger partial charge in [-0.3, -0.25) is 4.79 Å². The Hall–Kier alpha value is 0.160. The summed E-state index contributed by atoms with van der Waals surface area (Å²) in [5, 5.41) is 2.75. The Labute approximate surface area is 81.8 Å². The first-order valence-corrected chi connectivity index (χ1v) is 4.75. The fraction of sp³-hybridized carbons (Fsp3) is 0.857. The number of hydrogen-bond donors (Lipinski definition) is 1. The summed E-state index contributed by atoms with van der Waals surface area (Å²) in [6, 6.07) is 0. The first kappa shape index (κ1) is 11.2. The van der Waals surface area contributed by atoms with Gasteiger partial charge < -0.3 is 5.32 Å². The van der Waals surface area contributed by atoms with Crippen LogP contribution in [-0.4, -0.2) is 12.1 Å². The van der Waals surface area contributed by atoms with Crippen LogP contribution in [0.5, 0.6) is 0 Å². The highest BCUT2D eigenvalue weighted by Crippen LogP contribution is 2.00. The van der Waals surface area contributed by atoms with Crippen molar-refractivity contribution in [1.29, 1.82) is 0 Å². The molecular weight excluding hydrogens is 255 g/mol. The van der Waals surface area contributed by atoms with Crippen molar-refractivity contribution >= 4 is 28.8 Å². The molecule has 3 nitrogen and oxygen atoms in total. The van der Waals surface area contributed by atoms with Crippen LogP contribution < -0.4 is 8.85 Å². The van der Waals surface area contributed by atoms with Crippen LogP contribution in [0.15, 0.2) is 0 Å². The number of rotatable bonds is 5. The molecule has 0 aliphatic heterocycles. The van der Waals surface area contributed by atoms with Gasteiger partial charge in [-0.2, -0.15) is 0 Å². The summed E-state index contributed by atoms with van der Waals surface area (Å²) in [5.74, 6) is -0.00785. The van der Waals surface area contributed by atoms with Crippen LogP contribution in [0.25, 0.3) is 0 Å². The largest absolute Gasteiger partial charge is 0.339 e. The Balaban J connectivity index is 3.49. The predicted octanol–water partition coefficient (Wildman–Crippen LogP) is 1.59. The van der Waals surface area contributed by atoms with Gasteiger partial charge in [0.25, 0.3) is 0 Å². The number of carbonyl (C=O) groups excluding carboxylic acids is 1. The standard InChI is InChI=1S/C7H14IN2O/c1-3-4-5-7(10-8)9-6(2)11/h7H,3-5H2,1-2H3,(H,9,11). The zero-order chi connectivity index (χ0) is 8.69. The molecular formula is C7H14IN2O. The minimum absolute atomic E-state index is 0.00745. The lowest BCUT2D eigenvalue weighted by atomic mass is 10.2. The molecule has 1 radical (unpaired) electrons. The van der Waals surface area contributed by atoms with E-state index in [0.717, 1.165) is 19.3 Å². The predicted molar refractivity (Wildman–Crippen MR) is 53.3 cm³/mol. The highest BCUT2D eigenvalue weighted by molar-refractivity contribution is 14.1. The Bertz CT molecular complexity index is 119. The van der Waals surface area contributed by atoms with Crippen molar-refractivity contribution in [3.05, 3.63) is 0 Å². The van der Waals surface area contributed by atoms with Crippen LogP contribution in [0.2, 0.25) is 0 Å². The average Bonchev–Trinajstić information content (AvgIpc) is 1.97. The molecule has 0 aliphatic carbocycles. The molecule has 0 aromatic heterocycles. The summed E-state index contributed by atoms with van der Waals surface area (Å²) < 4.78 is 4.00. The zero-order valence-electron chi connectivity index (χ0n) is 6.93. The van der Waals surface area contributed by atoms with Gasteiger partial charge in [-0.25, -0.2) is 0 Å². The van der Waals surface area contributed by atoms with Gasteiger partial charge in [-0.15, -0.1) is 3.53 Å². The van der Waals surface area contributed by atoms with E-state index in [-0.39, 0.29) is 12.1 Å². The molecule has 0 aromatic carbocycles. The highest BCUT2D eigenvalue weighted by Gasteiger charge is 2.06. The van der Waals surface area contributed by atoms with E-state index < -0.39 is 0 Å². The van der Waals surface area contributed by atoms with Gasteiger partial charge >= 0.3 is 0 Å². The average molecular weight is 269 g/mol. The van der Waals surface area contributed by atoms with Crippen molar-refractivity contribution in [2.75, 3.05) is 0 Å². The van der Waals surface area contributed by atoms with Gasteiger partial charge in [0.2, 0.25) is 5.91 Å². The summed E-state index contributed by atoms with van der Waals surface area (Å²) in [6.45, 7) is 3.64. The SMILES string of the molecule is CCCCC([N]I)NC(C)=O. The maximum Gasteiger partial charge on any atom is 0.218 e. The minimum atomic E-state index is -0.00785. The number of amides is 1. The molecule has 0 rings (SSSR count). The van der Waals surface area contributed by atoms with Crippen molar-refractivity contribution in [2.45, 2.75) is 39.3 Å². The Morgan fingerprint density at radius 2 is 2.36 bits per heavy atom. The van der Waals surface area contributed by atoms with Crippen LogP contribution in [-0.2, 0) is 4.79 Å². The van der Waals surface area contributed by atoms with Crippen LogP contribution in [0.4, 0.5) is 0 Å². The third kappa shape index (κ3) is 6.55. The smallest absolute Gasteiger partial charge is 0.218 e. The van der Waals surface area contributed by atoms with Gasteiger partial charge in [0, 0.05) is 29.8 Å². The van der Waals surface area contributed by atoms with E-state index in [4.69, 9.17) is 0 Å². The lowest BCUT2D eigenvalue weighted by molar-refractivity contribution is -0.119. The molecule has 1 amide bonds. The Morgan fingerprint density at radius 1 is 1.73 bits per heavy atom. The van der Waals surface area contributed by atoms with Crippen LogP contribution in [0.1, 0.15) is 33.1 Å². The number of nitrogens with zero attached hydrogens (tertiary/aromatic N) is 1. The van der Waals surface area contributed by atoms with Gasteiger partial charge in [-0.05, 0) is 6.42 Å². The third-order valence-electron chi connectivity index (χ3n) is 1.32. The fourth-order valence-corrected chi connectivity index (χ4v) is 1.20. The first-order valence-electron chi connectivity index (χ1n) is 3.79. The summed E-state index contributed by atoms with van der Waals surface area (Å²) in [6.07, 6.45) is 3.20. The third-order valence-corrected chi connectivity index (χ3v) is 1.99. The lowest BCUT2D eigenvalue weighted by Gasteiger charge is -2.12. The molecule has 4 heteroatoms. The van der Waals surface area contributed by atoms with Crippen LogP contribution in [0.3, 0.4) is 0 Å². The molecule has 1 unspecified atom stereocenters. The second kappa shape index (κ2) is 6.84. The molecule has 65 valence electrons. The van der Waals surface area contributed by atoms with E-state index in [1.807, 2.05) is 22.9 Å². The Morgan fingerprint density at radius 3 is 2.73 bits per heavy atom. The molecule has 0 aromatic rings. The summed E-state index contributed by atoms with van der Waals surface area (Å²) in [7, 11) is 0. The van der Waals surface area contributed by atoms with Gasteiger partial charge in [0.15, 0.2) is 0 Å². The van der Waals surface area contributed by atoms with Gasteiger partial charge in [0.05, 0.1) is 0 Å². The van der Waals surface area contributed by atoms with Crippen molar-refractivity contribution < 1.29 is 4.79 Å². The number of hydrogen-bond acceptors (Lipinski definition) is 1. The van der Waals surface area contributed by atoms with E-state index in [9.17, 15) is 4.79 Å². The molecule has 11 heavy (non-hydrogen) atoms. The second-order valence-corrected chi connectivity index (χ2v) is 3.01. The van der Waals surface area contributed by atoms with Crippen molar-refractivity contribution in [3.8, 4) is 0 Å². The van der Waals surface area contributed by atoms with E-state index >= 15 is 0 Å². The molecule has 1 atom stereocenters. The monoisotopic (exact) mass is 269 g/mol. The van der Waals surface area contributed by atoms with Gasteiger partial charge in [0.1, 0.15) is 6.17 Å². The van der Waals surface area contributed by atoms with Crippen LogP contribution >= 0.6 is 22.9 Å². The quantitative estimate of drug-likeness (QED) is 0.757. The molecule has 0 heterocycles. The van der Waals surface area contributed by atoms with Crippen molar-refractivity contribution in [3.63, 3.8) is 0 Å². The number of halogens is 1. The van der Waals surface area contributed by atoms with E-state index in [0.29, 0.717) is 0 Å². The van der Waals surface area contributed by atoms with Crippen molar-refractivity contribution in [2.24, 2.45) is 0 Å². The van der Waals surface area contributed by atoms with Gasteiger partial charge in [-0.1, -0.05) is 19.8 Å². The number of carbonyl (C=O) groups is 1. The van der Waals surface area contributed by atoms with Crippen LogP contribution in [0, 0.1) is 0 Å². The topological polar surface area (TPSA) is 43.2 Å². The molecule has 0 bridgehead atoms. The molecule has 0 spiro atoms. The fourth-order valence-electron chi connectivity index (χ4n) is 0.777. The Kier molecular flexibility index (Phi) is 6.94. The lowest BCUT2D eigenvalue weighted by Crippen LogP contribution is -2.36. The second-order valence-electron chi connectivity index (χ2n) is 2.46. The van der Waals surface area contributed by atoms with E-state index in [1.165, 1.54) is 6.92 Å². The maximum absolute atomic E-state index is 10.6. The molecule has 0 saturated heterocycles. The summed E-state index contributed by atoms with van der Waals surface area (Å²) in [4.78, 5) is 10.6. The van der Waals surface area contributed by atoms with E-state index in [2.05, 4.69) is 15.8 Å². The molecule has 0 saturated carbocycles. The number of nitrogens with one attached hydrogen (secondary N) is 1. The number of unbranched alkanes of at least 4 members (excludes halogenated alkanes) is 1. The maximum atomic E-state index is 10.6. The summed E-state index contributed by atoms with van der Waals surface area (Å²) in [5.41, 5.74) is 0. The molecule has 0 aliphatic rings. The normalized spacial score (nSPS) is 12.6. The molecule has 1 N–H and O–H groups in total. The molecule has 0 fully saturated rings. The first-order chi connectivity index (χ1) is 5.20. The summed E-state index contributed by atoms with van der Waals surface area (Å²) >= 11 is 1.93. The highest BCUT2D eigenvalue weighted by atomic mass is 127. The zero-order valence-corrected chi connectivity index (χ0v) is 9.09. The minimum Gasteiger partial charge on any atom is -0.339 e.